The zero-order chi connectivity index (χ0) is 13.2. The first kappa shape index (κ1) is 12.8. The third-order valence-electron chi connectivity index (χ3n) is 3.47. The number of nitrogens with zero attached hydrogens (tertiary/aromatic N) is 2. The van der Waals surface area contributed by atoms with Crippen LogP contribution in [0.1, 0.15) is 30.1 Å². The predicted octanol–water partition coefficient (Wildman–Crippen LogP) is 1.79. The Morgan fingerprint density at radius 3 is 3.06 bits per heavy atom. The molecule has 1 aromatic heterocycles. The largest absolute Gasteiger partial charge is 0.478 e. The van der Waals surface area contributed by atoms with E-state index >= 15 is 0 Å². The first-order valence-electron chi connectivity index (χ1n) is 6.04. The van der Waals surface area contributed by atoms with E-state index in [0.29, 0.717) is 12.4 Å². The highest BCUT2D eigenvalue weighted by molar-refractivity contribution is 5.93. The highest BCUT2D eigenvalue weighted by Crippen LogP contribution is 2.28. The van der Waals surface area contributed by atoms with Crippen molar-refractivity contribution in [3.05, 3.63) is 23.9 Å². The molecule has 98 valence electrons. The van der Waals surface area contributed by atoms with Gasteiger partial charge in [-0.3, -0.25) is 0 Å². The Labute approximate surface area is 106 Å². The molecule has 1 fully saturated rings. The van der Waals surface area contributed by atoms with E-state index in [2.05, 4.69) is 4.98 Å². The smallest absolute Gasteiger partial charge is 0.339 e. The van der Waals surface area contributed by atoms with Gasteiger partial charge in [0, 0.05) is 26.4 Å². The molecule has 1 aromatic rings. The van der Waals surface area contributed by atoms with E-state index in [1.807, 2.05) is 11.8 Å². The van der Waals surface area contributed by atoms with Crippen molar-refractivity contribution in [2.24, 2.45) is 0 Å². The summed E-state index contributed by atoms with van der Waals surface area (Å²) in [5, 5.41) is 9.19. The summed E-state index contributed by atoms with van der Waals surface area (Å²) in [6, 6.07) is 3.23. The summed E-state index contributed by atoms with van der Waals surface area (Å²) in [5.41, 5.74) is 0.0174. The number of methoxy groups -OCH3 is 1. The molecule has 0 saturated carbocycles. The second kappa shape index (κ2) is 4.94. The maximum atomic E-state index is 11.2. The molecule has 1 saturated heterocycles. The highest BCUT2D eigenvalue weighted by Gasteiger charge is 2.32. The molecule has 1 N–H and O–H groups in total. The zero-order valence-corrected chi connectivity index (χ0v) is 10.7. The van der Waals surface area contributed by atoms with Gasteiger partial charge in [-0.15, -0.1) is 0 Å². The number of carbonyl (C=O) groups is 1. The van der Waals surface area contributed by atoms with Crippen molar-refractivity contribution in [1.82, 2.24) is 4.98 Å². The third-order valence-corrected chi connectivity index (χ3v) is 3.47. The van der Waals surface area contributed by atoms with Crippen molar-refractivity contribution in [3.8, 4) is 0 Å². The quantitative estimate of drug-likeness (QED) is 0.886. The lowest BCUT2D eigenvalue weighted by atomic mass is 9.94. The molecule has 1 unspecified atom stereocenters. The number of aromatic nitrogens is 1. The molecule has 5 nitrogen and oxygen atoms in total. The van der Waals surface area contributed by atoms with Gasteiger partial charge in [-0.2, -0.15) is 0 Å². The number of aromatic carboxylic acids is 1. The summed E-state index contributed by atoms with van der Waals surface area (Å²) in [6.45, 7) is 3.53. The predicted molar refractivity (Wildman–Crippen MR) is 68.1 cm³/mol. The van der Waals surface area contributed by atoms with Crippen LogP contribution in [0.3, 0.4) is 0 Å². The number of anilines is 1. The van der Waals surface area contributed by atoms with Gasteiger partial charge in [-0.25, -0.2) is 9.78 Å². The second-order valence-electron chi connectivity index (χ2n) is 4.86. The number of hydrogen-bond donors (Lipinski definition) is 1. The fourth-order valence-electron chi connectivity index (χ4n) is 2.37. The summed E-state index contributed by atoms with van der Waals surface area (Å²) in [6.07, 6.45) is 3.58. The summed E-state index contributed by atoms with van der Waals surface area (Å²) in [4.78, 5) is 17.4. The Morgan fingerprint density at radius 2 is 2.39 bits per heavy atom. The number of carboxylic acids is 1. The maximum Gasteiger partial charge on any atom is 0.339 e. The maximum absolute atomic E-state index is 11.2. The normalized spacial score (nSPS) is 24.0. The van der Waals surface area contributed by atoms with Crippen molar-refractivity contribution < 1.29 is 14.6 Å². The van der Waals surface area contributed by atoms with Crippen molar-refractivity contribution in [1.29, 1.82) is 0 Å². The average molecular weight is 250 g/mol. The molecule has 5 heteroatoms. The molecule has 0 radical (unpaired) electrons. The topological polar surface area (TPSA) is 62.7 Å². The van der Waals surface area contributed by atoms with Crippen LogP contribution in [0.5, 0.6) is 0 Å². The Balaban J connectivity index is 2.29. The van der Waals surface area contributed by atoms with Gasteiger partial charge in [0.05, 0.1) is 5.60 Å². The summed E-state index contributed by atoms with van der Waals surface area (Å²) in [5.74, 6) is -0.407. The van der Waals surface area contributed by atoms with Crippen LogP contribution < -0.4 is 4.90 Å². The molecule has 1 atom stereocenters. The van der Waals surface area contributed by atoms with Gasteiger partial charge in [-0.1, -0.05) is 0 Å². The van der Waals surface area contributed by atoms with Crippen LogP contribution in [0, 0.1) is 0 Å². The minimum Gasteiger partial charge on any atom is -0.478 e. The standard InChI is InChI=1S/C13H18N2O3/c1-13(18-2)6-4-8-15(9-13)11-10(12(16)17)5-3-7-14-11/h3,5,7H,4,6,8-9H2,1-2H3,(H,16,17). The molecular weight excluding hydrogens is 232 g/mol. The number of rotatable bonds is 3. The van der Waals surface area contributed by atoms with Gasteiger partial charge in [-0.05, 0) is 31.9 Å². The summed E-state index contributed by atoms with van der Waals surface area (Å²) < 4.78 is 5.51. The molecule has 1 aliphatic heterocycles. The number of pyridine rings is 1. The summed E-state index contributed by atoms with van der Waals surface area (Å²) >= 11 is 0. The van der Waals surface area contributed by atoms with Crippen molar-refractivity contribution in [2.45, 2.75) is 25.4 Å². The van der Waals surface area contributed by atoms with E-state index in [1.54, 1.807) is 25.4 Å². The molecule has 2 rings (SSSR count). The fourth-order valence-corrected chi connectivity index (χ4v) is 2.37. The minimum absolute atomic E-state index is 0.231. The molecular formula is C13H18N2O3. The zero-order valence-electron chi connectivity index (χ0n) is 10.7. The number of piperidine rings is 1. The van der Waals surface area contributed by atoms with E-state index in [4.69, 9.17) is 4.74 Å². The van der Waals surface area contributed by atoms with E-state index in [1.165, 1.54) is 0 Å². The fraction of sp³-hybridized carbons (Fsp3) is 0.538. The average Bonchev–Trinajstić information content (AvgIpc) is 2.39. The monoisotopic (exact) mass is 250 g/mol. The third kappa shape index (κ3) is 2.46. The van der Waals surface area contributed by atoms with Crippen molar-refractivity contribution in [2.75, 3.05) is 25.1 Å². The van der Waals surface area contributed by atoms with E-state index in [0.717, 1.165) is 19.4 Å². The second-order valence-corrected chi connectivity index (χ2v) is 4.86. The molecule has 0 aliphatic carbocycles. The van der Waals surface area contributed by atoms with Crippen LogP contribution >= 0.6 is 0 Å². The van der Waals surface area contributed by atoms with E-state index < -0.39 is 5.97 Å². The van der Waals surface area contributed by atoms with E-state index in [-0.39, 0.29) is 11.2 Å². The SMILES string of the molecule is COC1(C)CCCN(c2ncccc2C(=O)O)C1. The molecule has 0 aromatic carbocycles. The van der Waals surface area contributed by atoms with Crippen molar-refractivity contribution >= 4 is 11.8 Å². The highest BCUT2D eigenvalue weighted by atomic mass is 16.5. The van der Waals surface area contributed by atoms with Crippen LogP contribution in [0.4, 0.5) is 5.82 Å². The number of hydrogen-bond acceptors (Lipinski definition) is 4. The van der Waals surface area contributed by atoms with Crippen LogP contribution in [0.25, 0.3) is 0 Å². The first-order chi connectivity index (χ1) is 8.56. The van der Waals surface area contributed by atoms with Gasteiger partial charge < -0.3 is 14.7 Å². The Hall–Kier alpha value is -1.62. The molecule has 0 amide bonds. The van der Waals surface area contributed by atoms with Gasteiger partial charge in [0.2, 0.25) is 0 Å². The Bertz CT molecular complexity index is 450. The summed E-state index contributed by atoms with van der Waals surface area (Å²) in [7, 11) is 1.69. The Morgan fingerprint density at radius 1 is 1.61 bits per heavy atom. The van der Waals surface area contributed by atoms with Crippen LogP contribution in [-0.2, 0) is 4.74 Å². The molecule has 18 heavy (non-hydrogen) atoms. The molecule has 0 spiro atoms. The van der Waals surface area contributed by atoms with Crippen LogP contribution in [-0.4, -0.2) is 41.9 Å². The lowest BCUT2D eigenvalue weighted by Crippen LogP contribution is -2.48. The lowest BCUT2D eigenvalue weighted by molar-refractivity contribution is -0.00488. The number of ether oxygens (including phenoxy) is 1. The molecule has 1 aliphatic rings. The van der Waals surface area contributed by atoms with Gasteiger partial charge in [0.15, 0.2) is 0 Å². The first-order valence-corrected chi connectivity index (χ1v) is 6.04. The van der Waals surface area contributed by atoms with Gasteiger partial charge in [0.25, 0.3) is 0 Å². The molecule has 0 bridgehead atoms. The Kier molecular flexibility index (Phi) is 3.52. The van der Waals surface area contributed by atoms with Crippen LogP contribution in [0.2, 0.25) is 0 Å². The minimum atomic E-state index is -0.942. The van der Waals surface area contributed by atoms with E-state index in [9.17, 15) is 9.90 Å². The van der Waals surface area contributed by atoms with Crippen molar-refractivity contribution in [3.63, 3.8) is 0 Å². The van der Waals surface area contributed by atoms with Crippen LogP contribution in [0.15, 0.2) is 18.3 Å². The molecule has 2 heterocycles. The van der Waals surface area contributed by atoms with Gasteiger partial charge >= 0.3 is 5.97 Å². The lowest BCUT2D eigenvalue weighted by Gasteiger charge is -2.40. The van der Waals surface area contributed by atoms with Gasteiger partial charge in [0.1, 0.15) is 11.4 Å². The number of carboxylic acid groups (broad SMARTS) is 1.